The topological polar surface area (TPSA) is 116 Å². The molecule has 3 rings (SSSR count). The smallest absolute Gasteiger partial charge is 0.329 e. The molecule has 108 valence electrons. The molecular formula is C12H17N5O3. The van der Waals surface area contributed by atoms with E-state index in [9.17, 15) is 10.1 Å². The summed E-state index contributed by atoms with van der Waals surface area (Å²) in [6.07, 6.45) is 5.73. The van der Waals surface area contributed by atoms with Crippen LogP contribution in [0.15, 0.2) is 6.20 Å². The quantitative estimate of drug-likeness (QED) is 0.633. The number of hydrogen-bond acceptors (Lipinski definition) is 7. The number of nitrogen functional groups attached to an aromatic ring is 1. The van der Waals surface area contributed by atoms with Crippen molar-refractivity contribution in [3.8, 4) is 0 Å². The van der Waals surface area contributed by atoms with Gasteiger partial charge in [-0.2, -0.15) is 4.98 Å². The number of nitro groups is 1. The molecule has 0 amide bonds. The van der Waals surface area contributed by atoms with Crippen LogP contribution in [0.4, 0.5) is 17.5 Å². The van der Waals surface area contributed by atoms with E-state index in [0.29, 0.717) is 18.0 Å². The number of anilines is 2. The normalized spacial score (nSPS) is 28.9. The Hall–Kier alpha value is -1.96. The monoisotopic (exact) mass is 279 g/mol. The van der Waals surface area contributed by atoms with Gasteiger partial charge in [-0.1, -0.05) is 0 Å². The van der Waals surface area contributed by atoms with Crippen LogP contribution in [-0.2, 0) is 4.74 Å². The highest BCUT2D eigenvalue weighted by Gasteiger charge is 2.37. The molecule has 8 nitrogen and oxygen atoms in total. The molecule has 2 heterocycles. The van der Waals surface area contributed by atoms with Crippen LogP contribution in [0.25, 0.3) is 0 Å². The second-order valence-corrected chi connectivity index (χ2v) is 5.26. The van der Waals surface area contributed by atoms with Crippen LogP contribution in [0.1, 0.15) is 25.7 Å². The highest BCUT2D eigenvalue weighted by Crippen LogP contribution is 2.35. The number of nitrogens with one attached hydrogen (secondary N) is 1. The van der Waals surface area contributed by atoms with E-state index in [-0.39, 0.29) is 17.5 Å². The summed E-state index contributed by atoms with van der Waals surface area (Å²) in [4.78, 5) is 18.1. The van der Waals surface area contributed by atoms with E-state index in [1.165, 1.54) is 0 Å². The number of nitrogens with zero attached hydrogens (tertiary/aromatic N) is 3. The van der Waals surface area contributed by atoms with Gasteiger partial charge in [-0.25, -0.2) is 4.98 Å². The largest absolute Gasteiger partial charge is 0.378 e. The van der Waals surface area contributed by atoms with E-state index in [4.69, 9.17) is 10.5 Å². The molecule has 8 heteroatoms. The summed E-state index contributed by atoms with van der Waals surface area (Å²) in [6.45, 7) is 0.802. The molecule has 0 spiro atoms. The molecule has 2 aliphatic rings. The van der Waals surface area contributed by atoms with Crippen LogP contribution < -0.4 is 11.1 Å². The SMILES string of the molecule is Nc1nc(NC2CCCC3OCCC23)ncc1[N+](=O)[O-]. The molecule has 0 radical (unpaired) electrons. The molecule has 3 unspecified atom stereocenters. The van der Waals surface area contributed by atoms with Gasteiger partial charge in [0.25, 0.3) is 0 Å². The van der Waals surface area contributed by atoms with Crippen molar-refractivity contribution < 1.29 is 9.66 Å². The van der Waals surface area contributed by atoms with Crippen molar-refractivity contribution in [3.05, 3.63) is 16.3 Å². The van der Waals surface area contributed by atoms with Crippen molar-refractivity contribution in [3.63, 3.8) is 0 Å². The number of ether oxygens (including phenoxy) is 1. The van der Waals surface area contributed by atoms with Gasteiger partial charge in [0.15, 0.2) is 0 Å². The summed E-state index contributed by atoms with van der Waals surface area (Å²) < 4.78 is 5.70. The highest BCUT2D eigenvalue weighted by molar-refractivity contribution is 5.53. The maximum atomic E-state index is 10.7. The molecule has 1 aromatic heterocycles. The van der Waals surface area contributed by atoms with E-state index in [2.05, 4.69) is 15.3 Å². The number of hydrogen-bond donors (Lipinski definition) is 2. The Kier molecular flexibility index (Phi) is 3.39. The van der Waals surface area contributed by atoms with Crippen molar-refractivity contribution in [1.29, 1.82) is 0 Å². The summed E-state index contributed by atoms with van der Waals surface area (Å²) >= 11 is 0. The minimum atomic E-state index is -0.583. The molecule has 3 atom stereocenters. The predicted octanol–water partition coefficient (Wildman–Crippen LogP) is 1.34. The van der Waals surface area contributed by atoms with E-state index >= 15 is 0 Å². The van der Waals surface area contributed by atoms with E-state index in [0.717, 1.165) is 38.5 Å². The van der Waals surface area contributed by atoms with Gasteiger partial charge in [-0.05, 0) is 25.7 Å². The zero-order valence-corrected chi connectivity index (χ0v) is 11.0. The molecule has 2 fully saturated rings. The average molecular weight is 279 g/mol. The van der Waals surface area contributed by atoms with Gasteiger partial charge in [0.1, 0.15) is 6.20 Å². The van der Waals surface area contributed by atoms with Gasteiger partial charge >= 0.3 is 5.69 Å². The van der Waals surface area contributed by atoms with Crippen LogP contribution >= 0.6 is 0 Å². The van der Waals surface area contributed by atoms with Gasteiger partial charge in [-0.15, -0.1) is 0 Å². The molecule has 1 aromatic rings. The Balaban J connectivity index is 1.74. The molecule has 1 aliphatic carbocycles. The maximum Gasteiger partial charge on any atom is 0.329 e. The molecule has 3 N–H and O–H groups in total. The Bertz CT molecular complexity index is 524. The molecule has 1 saturated heterocycles. The van der Waals surface area contributed by atoms with Gasteiger partial charge in [0.2, 0.25) is 11.8 Å². The maximum absolute atomic E-state index is 10.7. The third-order valence-electron chi connectivity index (χ3n) is 4.09. The fourth-order valence-corrected chi connectivity index (χ4v) is 3.12. The van der Waals surface area contributed by atoms with Gasteiger partial charge in [0.05, 0.1) is 11.0 Å². The highest BCUT2D eigenvalue weighted by atomic mass is 16.6. The fourth-order valence-electron chi connectivity index (χ4n) is 3.12. The first-order chi connectivity index (χ1) is 9.65. The first kappa shape index (κ1) is 13.0. The minimum absolute atomic E-state index is 0.109. The average Bonchev–Trinajstić information content (AvgIpc) is 2.87. The van der Waals surface area contributed by atoms with Gasteiger partial charge in [-0.3, -0.25) is 10.1 Å². The first-order valence-electron chi connectivity index (χ1n) is 6.80. The molecular weight excluding hydrogens is 262 g/mol. The fraction of sp³-hybridized carbons (Fsp3) is 0.667. The van der Waals surface area contributed by atoms with Gasteiger partial charge in [0, 0.05) is 18.6 Å². The molecule has 0 bridgehead atoms. The summed E-state index contributed by atoms with van der Waals surface area (Å²) in [5.41, 5.74) is 5.31. The van der Waals surface area contributed by atoms with Crippen molar-refractivity contribution in [1.82, 2.24) is 9.97 Å². The summed E-state index contributed by atoms with van der Waals surface area (Å²) in [6, 6.07) is 0.247. The lowest BCUT2D eigenvalue weighted by molar-refractivity contribution is -0.384. The third kappa shape index (κ3) is 2.38. The molecule has 0 aromatic carbocycles. The lowest BCUT2D eigenvalue weighted by atomic mass is 9.82. The lowest BCUT2D eigenvalue weighted by Crippen LogP contribution is -2.38. The van der Waals surface area contributed by atoms with Crippen LogP contribution in [0, 0.1) is 16.0 Å². The second-order valence-electron chi connectivity index (χ2n) is 5.26. The summed E-state index contributed by atoms with van der Waals surface area (Å²) in [5, 5.41) is 13.9. The lowest BCUT2D eigenvalue weighted by Gasteiger charge is -2.33. The Morgan fingerprint density at radius 3 is 3.05 bits per heavy atom. The van der Waals surface area contributed by atoms with Crippen molar-refractivity contribution in [2.45, 2.75) is 37.8 Å². The van der Waals surface area contributed by atoms with Crippen molar-refractivity contribution in [2.75, 3.05) is 17.7 Å². The summed E-state index contributed by atoms with van der Waals surface area (Å²) in [5.74, 6) is 0.706. The number of nitrogens with two attached hydrogens (primary N) is 1. The zero-order valence-electron chi connectivity index (χ0n) is 11.0. The van der Waals surface area contributed by atoms with Crippen LogP contribution in [0.5, 0.6) is 0 Å². The molecule has 1 saturated carbocycles. The number of rotatable bonds is 3. The molecule has 1 aliphatic heterocycles. The number of fused-ring (bicyclic) bond motifs is 1. The molecule has 20 heavy (non-hydrogen) atoms. The Morgan fingerprint density at radius 1 is 1.45 bits per heavy atom. The first-order valence-corrected chi connectivity index (χ1v) is 6.80. The standard InChI is InChI=1S/C12H17N5O3/c13-11-9(17(18)19)6-14-12(16-11)15-8-2-1-3-10-7(8)4-5-20-10/h6-8,10H,1-5H2,(H3,13,14,15,16). The second kappa shape index (κ2) is 5.20. The predicted molar refractivity (Wildman–Crippen MR) is 72.2 cm³/mol. The van der Waals surface area contributed by atoms with Gasteiger partial charge < -0.3 is 15.8 Å². The van der Waals surface area contributed by atoms with Crippen LogP contribution in [0.2, 0.25) is 0 Å². The third-order valence-corrected chi connectivity index (χ3v) is 4.09. The number of aromatic nitrogens is 2. The van der Waals surface area contributed by atoms with E-state index < -0.39 is 4.92 Å². The van der Waals surface area contributed by atoms with Crippen LogP contribution in [-0.4, -0.2) is 33.6 Å². The minimum Gasteiger partial charge on any atom is -0.378 e. The van der Waals surface area contributed by atoms with Crippen LogP contribution in [0.3, 0.4) is 0 Å². The Labute approximate surface area is 115 Å². The summed E-state index contributed by atoms with van der Waals surface area (Å²) in [7, 11) is 0. The van der Waals surface area contributed by atoms with E-state index in [1.807, 2.05) is 0 Å². The van der Waals surface area contributed by atoms with E-state index in [1.54, 1.807) is 0 Å². The van der Waals surface area contributed by atoms with Crippen molar-refractivity contribution in [2.24, 2.45) is 5.92 Å². The zero-order chi connectivity index (χ0) is 14.1. The van der Waals surface area contributed by atoms with Crippen molar-refractivity contribution >= 4 is 17.5 Å². The Morgan fingerprint density at radius 2 is 2.30 bits per heavy atom.